The number of anilines is 1. The molecule has 94 valence electrons. The number of unbranched alkanes of at least 4 members (excludes halogenated alkanes) is 1. The Kier molecular flexibility index (Phi) is 5.35. The highest BCUT2D eigenvalue weighted by Gasteiger charge is 2.14. The molecule has 0 bridgehead atoms. The molecule has 1 heterocycles. The summed E-state index contributed by atoms with van der Waals surface area (Å²) in [4.78, 5) is 12.9. The van der Waals surface area contributed by atoms with E-state index in [0.717, 1.165) is 24.9 Å². The van der Waals surface area contributed by atoms with E-state index < -0.39 is 0 Å². The first-order chi connectivity index (χ1) is 8.19. The average Bonchev–Trinajstić information content (AvgIpc) is 2.34. The number of aromatic nitrogens is 2. The van der Waals surface area contributed by atoms with Gasteiger partial charge < -0.3 is 16.4 Å². The summed E-state index contributed by atoms with van der Waals surface area (Å²) < 4.78 is 0. The summed E-state index contributed by atoms with van der Waals surface area (Å²) in [5, 5.41) is 7.87. The van der Waals surface area contributed by atoms with Crippen molar-refractivity contribution in [1.82, 2.24) is 10.2 Å². The molecule has 4 N–H and O–H groups in total. The van der Waals surface area contributed by atoms with Crippen LogP contribution in [0.25, 0.3) is 0 Å². The molecule has 0 aliphatic heterocycles. The Balaban J connectivity index is 2.90. The third-order valence-corrected chi connectivity index (χ3v) is 2.43. The maximum Gasteiger partial charge on any atom is 0.236 e. The van der Waals surface area contributed by atoms with E-state index in [9.17, 15) is 4.79 Å². The molecule has 1 aromatic heterocycles. The van der Waals surface area contributed by atoms with Crippen LogP contribution in [0.3, 0.4) is 0 Å². The first kappa shape index (κ1) is 13.4. The predicted molar refractivity (Wildman–Crippen MR) is 66.2 cm³/mol. The standard InChI is InChI=1S/C11H19N5O/c1-2-3-6-16(8-10(13)17)11-9(7-12)4-5-14-15-11/h4-5H,2-3,6-8,12H2,1H3,(H2,13,17). The number of carbonyl (C=O) groups excluding carboxylic acids is 1. The van der Waals surface area contributed by atoms with Gasteiger partial charge >= 0.3 is 0 Å². The zero-order valence-electron chi connectivity index (χ0n) is 10.1. The van der Waals surface area contributed by atoms with Gasteiger partial charge in [0.2, 0.25) is 5.91 Å². The van der Waals surface area contributed by atoms with Gasteiger partial charge in [-0.05, 0) is 12.5 Å². The van der Waals surface area contributed by atoms with Gasteiger partial charge in [0.15, 0.2) is 5.82 Å². The zero-order valence-corrected chi connectivity index (χ0v) is 10.1. The normalized spacial score (nSPS) is 10.2. The Hall–Kier alpha value is -1.69. The Morgan fingerprint density at radius 3 is 2.88 bits per heavy atom. The maximum atomic E-state index is 11.0. The van der Waals surface area contributed by atoms with Crippen LogP contribution in [0.2, 0.25) is 0 Å². The highest BCUT2D eigenvalue weighted by Crippen LogP contribution is 2.15. The second-order valence-electron chi connectivity index (χ2n) is 3.83. The molecule has 1 rings (SSSR count). The van der Waals surface area contributed by atoms with Gasteiger partial charge in [-0.15, -0.1) is 5.10 Å². The number of hydrogen-bond donors (Lipinski definition) is 2. The second kappa shape index (κ2) is 6.80. The first-order valence-electron chi connectivity index (χ1n) is 5.73. The van der Waals surface area contributed by atoms with E-state index in [-0.39, 0.29) is 12.5 Å². The number of hydrogen-bond acceptors (Lipinski definition) is 5. The molecule has 0 aliphatic rings. The van der Waals surface area contributed by atoms with Crippen molar-refractivity contribution in [3.05, 3.63) is 17.8 Å². The predicted octanol–water partition coefficient (Wildman–Crippen LogP) is 0.0271. The second-order valence-corrected chi connectivity index (χ2v) is 3.83. The quantitative estimate of drug-likeness (QED) is 0.697. The lowest BCUT2D eigenvalue weighted by molar-refractivity contribution is -0.116. The van der Waals surface area contributed by atoms with Crippen molar-refractivity contribution in [3.8, 4) is 0 Å². The summed E-state index contributed by atoms with van der Waals surface area (Å²) in [5.41, 5.74) is 11.7. The Bertz CT molecular complexity index is 369. The third-order valence-electron chi connectivity index (χ3n) is 2.43. The van der Waals surface area contributed by atoms with Crippen molar-refractivity contribution in [2.45, 2.75) is 26.3 Å². The van der Waals surface area contributed by atoms with E-state index >= 15 is 0 Å². The monoisotopic (exact) mass is 237 g/mol. The molecule has 0 saturated carbocycles. The van der Waals surface area contributed by atoms with E-state index in [1.54, 1.807) is 6.20 Å². The summed E-state index contributed by atoms with van der Waals surface area (Å²) in [7, 11) is 0. The molecule has 0 saturated heterocycles. The van der Waals surface area contributed by atoms with Crippen molar-refractivity contribution in [1.29, 1.82) is 0 Å². The van der Waals surface area contributed by atoms with E-state index in [1.165, 1.54) is 0 Å². The van der Waals surface area contributed by atoms with Crippen LogP contribution in [0.5, 0.6) is 0 Å². The number of amides is 1. The van der Waals surface area contributed by atoms with E-state index in [4.69, 9.17) is 11.5 Å². The average molecular weight is 237 g/mol. The molecular formula is C11H19N5O. The molecule has 1 amide bonds. The lowest BCUT2D eigenvalue weighted by atomic mass is 10.2. The molecule has 0 unspecified atom stereocenters. The highest BCUT2D eigenvalue weighted by atomic mass is 16.1. The molecule has 0 radical (unpaired) electrons. The van der Waals surface area contributed by atoms with Gasteiger partial charge in [-0.25, -0.2) is 0 Å². The summed E-state index contributed by atoms with van der Waals surface area (Å²) in [5.74, 6) is 0.275. The summed E-state index contributed by atoms with van der Waals surface area (Å²) in [6.07, 6.45) is 3.59. The van der Waals surface area contributed by atoms with Gasteiger partial charge in [-0.2, -0.15) is 5.10 Å². The lowest BCUT2D eigenvalue weighted by Gasteiger charge is -2.23. The Labute approximate surface area is 101 Å². The minimum atomic E-state index is -0.380. The fourth-order valence-electron chi connectivity index (χ4n) is 1.57. The largest absolute Gasteiger partial charge is 0.368 e. The molecule has 0 spiro atoms. The number of rotatable bonds is 7. The SMILES string of the molecule is CCCCN(CC(N)=O)c1nnccc1CN. The van der Waals surface area contributed by atoms with Crippen LogP contribution in [0.15, 0.2) is 12.3 Å². The van der Waals surface area contributed by atoms with Crippen LogP contribution >= 0.6 is 0 Å². The van der Waals surface area contributed by atoms with Crippen LogP contribution in [0.1, 0.15) is 25.3 Å². The molecule has 17 heavy (non-hydrogen) atoms. The molecule has 0 aromatic carbocycles. The number of nitrogens with zero attached hydrogens (tertiary/aromatic N) is 3. The van der Waals surface area contributed by atoms with Crippen molar-refractivity contribution < 1.29 is 4.79 Å². The summed E-state index contributed by atoms with van der Waals surface area (Å²) in [6.45, 7) is 3.33. The third kappa shape index (κ3) is 3.99. The first-order valence-corrected chi connectivity index (χ1v) is 5.73. The van der Waals surface area contributed by atoms with Gasteiger partial charge in [0.05, 0.1) is 12.7 Å². The lowest BCUT2D eigenvalue weighted by Crippen LogP contribution is -2.36. The molecule has 0 aliphatic carbocycles. The number of nitrogens with two attached hydrogens (primary N) is 2. The van der Waals surface area contributed by atoms with Gasteiger partial charge in [0.25, 0.3) is 0 Å². The van der Waals surface area contributed by atoms with Gasteiger partial charge in [0.1, 0.15) is 0 Å². The van der Waals surface area contributed by atoms with E-state index in [0.29, 0.717) is 12.4 Å². The molecule has 1 aromatic rings. The molecule has 0 atom stereocenters. The minimum Gasteiger partial charge on any atom is -0.368 e. The van der Waals surface area contributed by atoms with Crippen molar-refractivity contribution in [3.63, 3.8) is 0 Å². The van der Waals surface area contributed by atoms with Crippen molar-refractivity contribution >= 4 is 11.7 Å². The maximum absolute atomic E-state index is 11.0. The number of carbonyl (C=O) groups is 1. The molecular weight excluding hydrogens is 218 g/mol. The van der Waals surface area contributed by atoms with Gasteiger partial charge in [-0.1, -0.05) is 13.3 Å². The van der Waals surface area contributed by atoms with E-state index in [2.05, 4.69) is 17.1 Å². The van der Waals surface area contributed by atoms with Gasteiger partial charge in [0, 0.05) is 18.7 Å². The van der Waals surface area contributed by atoms with Crippen molar-refractivity contribution in [2.75, 3.05) is 18.0 Å². The van der Waals surface area contributed by atoms with Gasteiger partial charge in [-0.3, -0.25) is 4.79 Å². The van der Waals surface area contributed by atoms with E-state index in [1.807, 2.05) is 11.0 Å². The number of primary amides is 1. The van der Waals surface area contributed by atoms with Crippen LogP contribution in [-0.4, -0.2) is 29.2 Å². The Morgan fingerprint density at radius 2 is 2.29 bits per heavy atom. The Morgan fingerprint density at radius 1 is 1.53 bits per heavy atom. The smallest absolute Gasteiger partial charge is 0.236 e. The van der Waals surface area contributed by atoms with Crippen molar-refractivity contribution in [2.24, 2.45) is 11.5 Å². The summed E-state index contributed by atoms with van der Waals surface area (Å²) >= 11 is 0. The topological polar surface area (TPSA) is 98.1 Å². The van der Waals surface area contributed by atoms with Crippen LogP contribution in [-0.2, 0) is 11.3 Å². The van der Waals surface area contributed by atoms with Crippen LogP contribution < -0.4 is 16.4 Å². The highest BCUT2D eigenvalue weighted by molar-refractivity contribution is 5.79. The molecule has 0 fully saturated rings. The molecule has 6 nitrogen and oxygen atoms in total. The fraction of sp³-hybridized carbons (Fsp3) is 0.545. The van der Waals surface area contributed by atoms with Crippen LogP contribution in [0, 0.1) is 0 Å². The van der Waals surface area contributed by atoms with Crippen LogP contribution in [0.4, 0.5) is 5.82 Å². The minimum absolute atomic E-state index is 0.145. The molecule has 6 heteroatoms. The fourth-order valence-corrected chi connectivity index (χ4v) is 1.57. The summed E-state index contributed by atoms with van der Waals surface area (Å²) in [6, 6.07) is 1.81. The zero-order chi connectivity index (χ0) is 12.7.